The first kappa shape index (κ1) is 13.9. The van der Waals surface area contributed by atoms with Crippen LogP contribution >= 0.6 is 31.9 Å². The van der Waals surface area contributed by atoms with Crippen molar-refractivity contribution in [2.24, 2.45) is 0 Å². The number of aryl methyl sites for hydroxylation is 1. The monoisotopic (exact) mass is 387 g/mol. The fraction of sp³-hybridized carbons (Fsp3) is 0.0909. The van der Waals surface area contributed by atoms with E-state index in [0.29, 0.717) is 14.5 Å². The molecule has 0 saturated heterocycles. The van der Waals surface area contributed by atoms with E-state index in [1.54, 1.807) is 13.0 Å². The van der Waals surface area contributed by atoms with Crippen molar-refractivity contribution in [1.29, 1.82) is 0 Å². The van der Waals surface area contributed by atoms with E-state index in [0.717, 1.165) is 0 Å². The number of nitro benzene ring substituents is 1. The summed E-state index contributed by atoms with van der Waals surface area (Å²) >= 11 is 6.45. The third-order valence-corrected chi connectivity index (χ3v) is 3.25. The number of nitrogens with zero attached hydrogens (tertiary/aromatic N) is 3. The predicted molar refractivity (Wildman–Crippen MR) is 75.3 cm³/mol. The van der Waals surface area contributed by atoms with Gasteiger partial charge >= 0.3 is 5.69 Å². The summed E-state index contributed by atoms with van der Waals surface area (Å²) < 4.78 is 6.66. The minimum atomic E-state index is -0.498. The molecule has 0 N–H and O–H groups in total. The van der Waals surface area contributed by atoms with Crippen molar-refractivity contribution in [3.63, 3.8) is 0 Å². The Morgan fingerprint density at radius 2 is 2.11 bits per heavy atom. The summed E-state index contributed by atoms with van der Waals surface area (Å²) in [6.07, 6.45) is 2.81. The van der Waals surface area contributed by atoms with Crippen LogP contribution in [0, 0.1) is 17.0 Å². The largest absolute Gasteiger partial charge is 0.430 e. The molecule has 0 atom stereocenters. The average molecular weight is 389 g/mol. The first-order valence-corrected chi connectivity index (χ1v) is 6.65. The highest BCUT2D eigenvalue weighted by molar-refractivity contribution is 9.10. The van der Waals surface area contributed by atoms with E-state index >= 15 is 0 Å². The van der Waals surface area contributed by atoms with Crippen LogP contribution in [0.5, 0.6) is 11.6 Å². The minimum Gasteiger partial charge on any atom is -0.430 e. The lowest BCUT2D eigenvalue weighted by atomic mass is 10.2. The van der Waals surface area contributed by atoms with E-state index in [2.05, 4.69) is 41.8 Å². The van der Waals surface area contributed by atoms with Crippen molar-refractivity contribution in [2.45, 2.75) is 6.92 Å². The molecule has 0 saturated carbocycles. The summed E-state index contributed by atoms with van der Waals surface area (Å²) in [5.41, 5.74) is 0.504. The highest BCUT2D eigenvalue weighted by Gasteiger charge is 2.20. The van der Waals surface area contributed by atoms with Crippen LogP contribution < -0.4 is 4.74 Å². The second-order valence-electron chi connectivity index (χ2n) is 3.61. The van der Waals surface area contributed by atoms with Crippen LogP contribution in [-0.2, 0) is 0 Å². The Bertz CT molecular complexity index is 649. The lowest BCUT2D eigenvalue weighted by Gasteiger charge is -2.09. The maximum Gasteiger partial charge on any atom is 0.313 e. The molecule has 0 fully saturated rings. The molecule has 0 bridgehead atoms. The van der Waals surface area contributed by atoms with Gasteiger partial charge in [-0.1, -0.05) is 15.9 Å². The van der Waals surface area contributed by atoms with Gasteiger partial charge in [0.1, 0.15) is 6.33 Å². The van der Waals surface area contributed by atoms with E-state index in [4.69, 9.17) is 4.74 Å². The topological polar surface area (TPSA) is 78.2 Å². The third kappa shape index (κ3) is 3.07. The molecule has 0 aliphatic rings. The molecule has 1 aromatic heterocycles. The summed E-state index contributed by atoms with van der Waals surface area (Å²) in [6.45, 7) is 1.72. The minimum absolute atomic E-state index is 0.127. The fourth-order valence-electron chi connectivity index (χ4n) is 1.45. The fourth-order valence-corrected chi connectivity index (χ4v) is 2.32. The zero-order valence-electron chi connectivity index (χ0n) is 9.63. The van der Waals surface area contributed by atoms with Gasteiger partial charge in [0.25, 0.3) is 0 Å². The van der Waals surface area contributed by atoms with Crippen LogP contribution in [0.2, 0.25) is 0 Å². The number of halogens is 2. The van der Waals surface area contributed by atoms with Crippen LogP contribution in [0.15, 0.2) is 33.6 Å². The number of hydrogen-bond acceptors (Lipinski definition) is 5. The zero-order chi connectivity index (χ0) is 14.0. The van der Waals surface area contributed by atoms with Gasteiger partial charge in [-0.15, -0.1) is 0 Å². The molecule has 0 spiro atoms. The quantitative estimate of drug-likeness (QED) is 0.586. The maximum absolute atomic E-state index is 11.1. The zero-order valence-corrected chi connectivity index (χ0v) is 12.8. The predicted octanol–water partition coefficient (Wildman–Crippen LogP) is 4.01. The molecule has 2 aromatic rings. The molecule has 98 valence electrons. The van der Waals surface area contributed by atoms with Crippen molar-refractivity contribution in [2.75, 3.05) is 0 Å². The number of nitro groups is 1. The van der Waals surface area contributed by atoms with Gasteiger partial charge in [-0.05, 0) is 28.9 Å². The molecule has 1 aromatic carbocycles. The number of ether oxygens (including phenoxy) is 1. The molecule has 0 amide bonds. The van der Waals surface area contributed by atoms with E-state index < -0.39 is 4.92 Å². The third-order valence-electron chi connectivity index (χ3n) is 2.25. The highest BCUT2D eigenvalue weighted by atomic mass is 79.9. The lowest BCUT2D eigenvalue weighted by molar-refractivity contribution is -0.385. The van der Waals surface area contributed by atoms with Crippen LogP contribution in [0.25, 0.3) is 0 Å². The van der Waals surface area contributed by atoms with Gasteiger partial charge in [0, 0.05) is 22.3 Å². The number of aromatic nitrogens is 2. The van der Waals surface area contributed by atoms with E-state index in [9.17, 15) is 10.1 Å². The van der Waals surface area contributed by atoms with Crippen LogP contribution in [0.3, 0.4) is 0 Å². The summed E-state index contributed by atoms with van der Waals surface area (Å²) in [5, 5.41) is 11.1. The Morgan fingerprint density at radius 1 is 1.37 bits per heavy atom. The Kier molecular flexibility index (Phi) is 4.11. The standard InChI is InChI=1S/C11H7Br2N3O3/c1-6-2-7(12)3-9(16(17)18)10(6)19-11-8(13)4-14-5-15-11/h2-5H,1H3. The maximum atomic E-state index is 11.1. The van der Waals surface area contributed by atoms with E-state index in [1.165, 1.54) is 18.6 Å². The van der Waals surface area contributed by atoms with Gasteiger partial charge in [0.2, 0.25) is 11.6 Å². The van der Waals surface area contributed by atoms with Gasteiger partial charge in [-0.25, -0.2) is 9.97 Å². The lowest BCUT2D eigenvalue weighted by Crippen LogP contribution is -1.98. The van der Waals surface area contributed by atoms with Crippen molar-refractivity contribution in [3.05, 3.63) is 49.3 Å². The molecular weight excluding hydrogens is 382 g/mol. The second-order valence-corrected chi connectivity index (χ2v) is 5.38. The van der Waals surface area contributed by atoms with Crippen molar-refractivity contribution in [1.82, 2.24) is 9.97 Å². The second kappa shape index (κ2) is 5.62. The first-order chi connectivity index (χ1) is 8.99. The van der Waals surface area contributed by atoms with Gasteiger partial charge in [0.05, 0.1) is 9.40 Å². The van der Waals surface area contributed by atoms with Crippen molar-refractivity contribution in [3.8, 4) is 11.6 Å². The average Bonchev–Trinajstić information content (AvgIpc) is 2.34. The van der Waals surface area contributed by atoms with Gasteiger partial charge in [-0.2, -0.15) is 0 Å². The summed E-state index contributed by atoms with van der Waals surface area (Å²) in [4.78, 5) is 18.3. The van der Waals surface area contributed by atoms with Crippen LogP contribution in [0.4, 0.5) is 5.69 Å². The molecule has 0 aliphatic carbocycles. The molecule has 8 heteroatoms. The highest BCUT2D eigenvalue weighted by Crippen LogP contribution is 2.38. The molecule has 0 aliphatic heterocycles. The molecule has 6 nitrogen and oxygen atoms in total. The summed E-state index contributed by atoms with van der Waals surface area (Å²) in [6, 6.07) is 3.12. The van der Waals surface area contributed by atoms with Crippen molar-refractivity contribution >= 4 is 37.5 Å². The van der Waals surface area contributed by atoms with Gasteiger partial charge in [-0.3, -0.25) is 10.1 Å². The van der Waals surface area contributed by atoms with Gasteiger partial charge < -0.3 is 4.74 Å². The Hall–Kier alpha value is -1.54. The van der Waals surface area contributed by atoms with Crippen molar-refractivity contribution < 1.29 is 9.66 Å². The van der Waals surface area contributed by atoms with E-state index in [1.807, 2.05) is 0 Å². The Labute approximate surface area is 125 Å². The molecule has 2 rings (SSSR count). The molecule has 0 unspecified atom stereocenters. The molecule has 0 radical (unpaired) electrons. The normalized spacial score (nSPS) is 10.3. The molecule has 19 heavy (non-hydrogen) atoms. The van der Waals surface area contributed by atoms with E-state index in [-0.39, 0.29) is 17.3 Å². The smallest absolute Gasteiger partial charge is 0.313 e. The molecular formula is C11H7Br2N3O3. The first-order valence-electron chi connectivity index (χ1n) is 5.07. The number of hydrogen-bond donors (Lipinski definition) is 0. The van der Waals surface area contributed by atoms with Crippen LogP contribution in [0.1, 0.15) is 5.56 Å². The summed E-state index contributed by atoms with van der Waals surface area (Å²) in [7, 11) is 0. The summed E-state index contributed by atoms with van der Waals surface area (Å²) in [5.74, 6) is 0.385. The SMILES string of the molecule is Cc1cc(Br)cc([N+](=O)[O-])c1Oc1ncncc1Br. The number of benzene rings is 1. The molecule has 1 heterocycles. The van der Waals surface area contributed by atoms with Crippen LogP contribution in [-0.4, -0.2) is 14.9 Å². The number of rotatable bonds is 3. The Balaban J connectivity index is 2.51. The van der Waals surface area contributed by atoms with Gasteiger partial charge in [0.15, 0.2) is 0 Å². The Morgan fingerprint density at radius 3 is 2.74 bits per heavy atom.